The highest BCUT2D eigenvalue weighted by molar-refractivity contribution is 5.76. The van der Waals surface area contributed by atoms with Crippen LogP contribution in [0.2, 0.25) is 0 Å². The van der Waals surface area contributed by atoms with E-state index >= 15 is 0 Å². The van der Waals surface area contributed by atoms with Crippen molar-refractivity contribution in [3.05, 3.63) is 29.3 Å². The summed E-state index contributed by atoms with van der Waals surface area (Å²) in [4.78, 5) is 7.29. The maximum atomic E-state index is 13.5. The minimum atomic E-state index is -0.227. The Balaban J connectivity index is 2.67. The van der Waals surface area contributed by atoms with E-state index in [-0.39, 0.29) is 5.82 Å². The smallest absolute Gasteiger partial charge is 0.151 e. The molecule has 0 atom stereocenters. The van der Waals surface area contributed by atoms with E-state index in [9.17, 15) is 4.39 Å². The van der Waals surface area contributed by atoms with Gasteiger partial charge in [-0.15, -0.1) is 0 Å². The molecule has 14 heavy (non-hydrogen) atoms. The number of nitrogens with zero attached hydrogens (tertiary/aromatic N) is 1. The van der Waals surface area contributed by atoms with Crippen molar-refractivity contribution >= 4 is 11.0 Å². The number of benzene rings is 1. The molecule has 0 aliphatic rings. The second-order valence-electron chi connectivity index (χ2n) is 3.36. The molecule has 0 bridgehead atoms. The third-order valence-corrected chi connectivity index (χ3v) is 2.39. The molecular weight excluding hydrogens is 179 g/mol. The molecule has 0 saturated carbocycles. The summed E-state index contributed by atoms with van der Waals surface area (Å²) in [5.74, 6) is 0.613. The highest BCUT2D eigenvalue weighted by Crippen LogP contribution is 2.18. The zero-order valence-electron chi connectivity index (χ0n) is 8.39. The number of aryl methyl sites for hydroxylation is 2. The van der Waals surface area contributed by atoms with Gasteiger partial charge in [-0.2, -0.15) is 0 Å². The fourth-order valence-electron chi connectivity index (χ4n) is 1.55. The molecule has 0 aliphatic carbocycles. The van der Waals surface area contributed by atoms with Gasteiger partial charge in [0, 0.05) is 6.42 Å². The Morgan fingerprint density at radius 2 is 2.07 bits per heavy atom. The lowest BCUT2D eigenvalue weighted by Crippen LogP contribution is -1.84. The molecule has 2 rings (SSSR count). The third-order valence-electron chi connectivity index (χ3n) is 2.39. The lowest BCUT2D eigenvalue weighted by Gasteiger charge is -1.96. The van der Waals surface area contributed by atoms with E-state index < -0.39 is 0 Å². The largest absolute Gasteiger partial charge is 0.342 e. The number of H-pyrrole nitrogens is 1. The monoisotopic (exact) mass is 192 g/mol. The number of aromatic amines is 1. The molecule has 0 saturated heterocycles. The summed E-state index contributed by atoms with van der Waals surface area (Å²) in [7, 11) is 0. The van der Waals surface area contributed by atoms with Crippen LogP contribution in [0.3, 0.4) is 0 Å². The predicted octanol–water partition coefficient (Wildman–Crippen LogP) is 2.83. The molecule has 1 N–H and O–H groups in total. The summed E-state index contributed by atoms with van der Waals surface area (Å²) >= 11 is 0. The Hall–Kier alpha value is -1.38. The van der Waals surface area contributed by atoms with Crippen molar-refractivity contribution in [3.63, 3.8) is 0 Å². The Morgan fingerprint density at radius 1 is 1.29 bits per heavy atom. The number of hydrogen-bond acceptors (Lipinski definition) is 1. The van der Waals surface area contributed by atoms with Gasteiger partial charge >= 0.3 is 0 Å². The highest BCUT2D eigenvalue weighted by Gasteiger charge is 2.07. The van der Waals surface area contributed by atoms with E-state index in [1.807, 2.05) is 19.9 Å². The van der Waals surface area contributed by atoms with Gasteiger partial charge in [0.25, 0.3) is 0 Å². The van der Waals surface area contributed by atoms with E-state index in [4.69, 9.17) is 0 Å². The Kier molecular flexibility index (Phi) is 2.23. The van der Waals surface area contributed by atoms with E-state index in [0.29, 0.717) is 5.52 Å². The first kappa shape index (κ1) is 9.19. The molecule has 0 fully saturated rings. The van der Waals surface area contributed by atoms with Gasteiger partial charge in [-0.25, -0.2) is 9.37 Å². The van der Waals surface area contributed by atoms with Crippen LogP contribution in [-0.2, 0) is 12.8 Å². The normalized spacial score (nSPS) is 11.1. The van der Waals surface area contributed by atoms with Crippen LogP contribution in [0.1, 0.15) is 25.2 Å². The van der Waals surface area contributed by atoms with Gasteiger partial charge in [0.1, 0.15) is 11.3 Å². The summed E-state index contributed by atoms with van der Waals surface area (Å²) < 4.78 is 13.5. The van der Waals surface area contributed by atoms with Gasteiger partial charge in [-0.3, -0.25) is 0 Å². The van der Waals surface area contributed by atoms with Crippen molar-refractivity contribution in [2.45, 2.75) is 26.7 Å². The average molecular weight is 192 g/mol. The first-order valence-corrected chi connectivity index (χ1v) is 4.91. The van der Waals surface area contributed by atoms with E-state index in [1.165, 1.54) is 0 Å². The molecule has 1 aromatic heterocycles. The van der Waals surface area contributed by atoms with Crippen LogP contribution in [0.5, 0.6) is 0 Å². The molecule has 2 nitrogen and oxygen atoms in total. The van der Waals surface area contributed by atoms with Crippen LogP contribution >= 0.6 is 0 Å². The molecule has 0 spiro atoms. The molecule has 0 unspecified atom stereocenters. The van der Waals surface area contributed by atoms with E-state index in [0.717, 1.165) is 29.7 Å². The number of aromatic nitrogens is 2. The van der Waals surface area contributed by atoms with Gasteiger partial charge in [-0.1, -0.05) is 13.8 Å². The summed E-state index contributed by atoms with van der Waals surface area (Å²) in [6.45, 7) is 4.01. The molecule has 1 aromatic carbocycles. The van der Waals surface area contributed by atoms with Crippen molar-refractivity contribution < 1.29 is 4.39 Å². The molecule has 0 amide bonds. The van der Waals surface area contributed by atoms with Gasteiger partial charge in [0.2, 0.25) is 0 Å². The summed E-state index contributed by atoms with van der Waals surface area (Å²) in [6.07, 6.45) is 1.64. The number of nitrogens with one attached hydrogen (secondary N) is 1. The molecule has 0 aliphatic heterocycles. The van der Waals surface area contributed by atoms with Gasteiger partial charge in [0.05, 0.1) is 5.52 Å². The average Bonchev–Trinajstić information content (AvgIpc) is 2.61. The number of hydrogen-bond donors (Lipinski definition) is 1. The number of imidazole rings is 1. The molecule has 1 heterocycles. The minimum Gasteiger partial charge on any atom is -0.342 e. The standard InChI is InChI=1S/C11H13FN2/c1-3-7-5-8(12)11-9(6-7)13-10(4-2)14-11/h5-6H,3-4H2,1-2H3,(H,13,14). The lowest BCUT2D eigenvalue weighted by molar-refractivity contribution is 0.635. The van der Waals surface area contributed by atoms with Gasteiger partial charge in [0.15, 0.2) is 5.82 Å². The number of rotatable bonds is 2. The van der Waals surface area contributed by atoms with Crippen molar-refractivity contribution in [1.82, 2.24) is 9.97 Å². The van der Waals surface area contributed by atoms with E-state index in [1.54, 1.807) is 6.07 Å². The highest BCUT2D eigenvalue weighted by atomic mass is 19.1. The molecular formula is C11H13FN2. The Bertz CT molecular complexity index is 460. The quantitative estimate of drug-likeness (QED) is 0.778. The van der Waals surface area contributed by atoms with Gasteiger partial charge in [-0.05, 0) is 24.1 Å². The van der Waals surface area contributed by atoms with Crippen LogP contribution in [0, 0.1) is 5.82 Å². The fourth-order valence-corrected chi connectivity index (χ4v) is 1.55. The molecule has 3 heteroatoms. The van der Waals surface area contributed by atoms with E-state index in [2.05, 4.69) is 9.97 Å². The lowest BCUT2D eigenvalue weighted by atomic mass is 10.1. The summed E-state index contributed by atoms with van der Waals surface area (Å²) in [5.41, 5.74) is 2.26. The SMILES string of the molecule is CCc1cc(F)c2nc(CC)[nH]c2c1. The molecule has 74 valence electrons. The second kappa shape index (κ2) is 3.40. The first-order chi connectivity index (χ1) is 6.74. The number of halogens is 1. The summed E-state index contributed by atoms with van der Waals surface area (Å²) in [5, 5.41) is 0. The maximum Gasteiger partial charge on any atom is 0.151 e. The van der Waals surface area contributed by atoms with Crippen LogP contribution < -0.4 is 0 Å². The second-order valence-corrected chi connectivity index (χ2v) is 3.36. The zero-order valence-corrected chi connectivity index (χ0v) is 8.39. The minimum absolute atomic E-state index is 0.227. The molecule has 2 aromatic rings. The van der Waals surface area contributed by atoms with Crippen molar-refractivity contribution in [1.29, 1.82) is 0 Å². The third kappa shape index (κ3) is 1.39. The maximum absolute atomic E-state index is 13.5. The topological polar surface area (TPSA) is 28.7 Å². The van der Waals surface area contributed by atoms with Gasteiger partial charge < -0.3 is 4.98 Å². The Morgan fingerprint density at radius 3 is 2.71 bits per heavy atom. The van der Waals surface area contributed by atoms with Crippen molar-refractivity contribution in [2.24, 2.45) is 0 Å². The zero-order chi connectivity index (χ0) is 10.1. The predicted molar refractivity (Wildman–Crippen MR) is 54.8 cm³/mol. The van der Waals surface area contributed by atoms with Crippen LogP contribution in [0.15, 0.2) is 12.1 Å². The van der Waals surface area contributed by atoms with Crippen molar-refractivity contribution in [2.75, 3.05) is 0 Å². The first-order valence-electron chi connectivity index (χ1n) is 4.91. The van der Waals surface area contributed by atoms with Crippen molar-refractivity contribution in [3.8, 4) is 0 Å². The van der Waals surface area contributed by atoms with Crippen LogP contribution in [0.25, 0.3) is 11.0 Å². The van der Waals surface area contributed by atoms with Crippen LogP contribution in [-0.4, -0.2) is 9.97 Å². The fraction of sp³-hybridized carbons (Fsp3) is 0.364. The summed E-state index contributed by atoms with van der Waals surface area (Å²) in [6, 6.07) is 3.52. The Labute approximate surface area is 82.2 Å². The number of fused-ring (bicyclic) bond motifs is 1. The molecule has 0 radical (unpaired) electrons. The van der Waals surface area contributed by atoms with Crippen LogP contribution in [0.4, 0.5) is 4.39 Å².